The highest BCUT2D eigenvalue weighted by molar-refractivity contribution is 5.91. The number of carbonyl (C=O) groups is 1. The van der Waals surface area contributed by atoms with Gasteiger partial charge in [0.15, 0.2) is 18.1 Å². The summed E-state index contributed by atoms with van der Waals surface area (Å²) in [5.41, 5.74) is 3.83. The number of amides is 1. The molecule has 0 aliphatic carbocycles. The van der Waals surface area contributed by atoms with Crippen LogP contribution in [0.4, 0.5) is 5.69 Å². The van der Waals surface area contributed by atoms with Crippen LogP contribution in [0.5, 0.6) is 17.2 Å². The number of nitrogens with one attached hydrogen (secondary N) is 2. The van der Waals surface area contributed by atoms with Crippen molar-refractivity contribution < 1.29 is 19.0 Å². The van der Waals surface area contributed by atoms with Crippen LogP contribution >= 0.6 is 0 Å². The lowest BCUT2D eigenvalue weighted by atomic mass is 10.1. The maximum absolute atomic E-state index is 12.3. The van der Waals surface area contributed by atoms with Crippen molar-refractivity contribution in [1.29, 1.82) is 0 Å². The minimum absolute atomic E-state index is 0.117. The molecule has 31 heavy (non-hydrogen) atoms. The van der Waals surface area contributed by atoms with Gasteiger partial charge in [-0.3, -0.25) is 4.79 Å². The topological polar surface area (TPSA) is 68.8 Å². The normalized spacial score (nSPS) is 10.4. The number of ether oxygens (including phenoxy) is 3. The second-order valence-corrected chi connectivity index (χ2v) is 7.07. The highest BCUT2D eigenvalue weighted by atomic mass is 16.5. The minimum atomic E-state index is -0.234. The molecule has 0 bridgehead atoms. The zero-order valence-electron chi connectivity index (χ0n) is 18.1. The number of para-hydroxylation sites is 2. The molecule has 0 saturated carbocycles. The van der Waals surface area contributed by atoms with Crippen LogP contribution in [0.3, 0.4) is 0 Å². The summed E-state index contributed by atoms with van der Waals surface area (Å²) in [5.74, 6) is 1.74. The Labute approximate surface area is 183 Å². The molecule has 3 rings (SSSR count). The Morgan fingerprint density at radius 3 is 2.19 bits per heavy atom. The van der Waals surface area contributed by atoms with E-state index in [1.54, 1.807) is 14.2 Å². The number of carbonyl (C=O) groups excluding carboxylic acids is 1. The van der Waals surface area contributed by atoms with Gasteiger partial charge in [-0.2, -0.15) is 0 Å². The summed E-state index contributed by atoms with van der Waals surface area (Å²) in [4.78, 5) is 12.3. The summed E-state index contributed by atoms with van der Waals surface area (Å²) in [6, 6.07) is 21.2. The van der Waals surface area contributed by atoms with E-state index in [4.69, 9.17) is 14.2 Å². The van der Waals surface area contributed by atoms with Crippen molar-refractivity contribution in [3.63, 3.8) is 0 Å². The van der Waals surface area contributed by atoms with Gasteiger partial charge in [-0.25, -0.2) is 0 Å². The third-order valence-corrected chi connectivity index (χ3v) is 4.79. The van der Waals surface area contributed by atoms with E-state index in [2.05, 4.69) is 10.6 Å². The molecular formula is C25H28N2O4. The second kappa shape index (κ2) is 11.0. The van der Waals surface area contributed by atoms with Crippen molar-refractivity contribution >= 4 is 11.6 Å². The minimum Gasteiger partial charge on any atom is -0.496 e. The number of hydrogen-bond acceptors (Lipinski definition) is 5. The Morgan fingerprint density at radius 1 is 0.806 bits per heavy atom. The van der Waals surface area contributed by atoms with Crippen LogP contribution in [0.1, 0.15) is 16.7 Å². The van der Waals surface area contributed by atoms with Crippen LogP contribution in [-0.4, -0.2) is 26.7 Å². The number of methoxy groups -OCH3 is 2. The number of hydrogen-bond donors (Lipinski definition) is 2. The number of aryl methyl sites for hydroxylation is 1. The first-order valence-electron chi connectivity index (χ1n) is 10.1. The molecular weight excluding hydrogens is 392 g/mol. The Hall–Kier alpha value is -3.51. The molecule has 3 aromatic carbocycles. The Kier molecular flexibility index (Phi) is 7.90. The van der Waals surface area contributed by atoms with Crippen LogP contribution in [-0.2, 0) is 17.9 Å². The van der Waals surface area contributed by atoms with Crippen LogP contribution in [0.2, 0.25) is 0 Å². The first-order valence-corrected chi connectivity index (χ1v) is 10.1. The third-order valence-electron chi connectivity index (χ3n) is 4.79. The van der Waals surface area contributed by atoms with Gasteiger partial charge in [-0.05, 0) is 31.2 Å². The predicted molar refractivity (Wildman–Crippen MR) is 122 cm³/mol. The van der Waals surface area contributed by atoms with Gasteiger partial charge in [0.05, 0.1) is 14.2 Å². The highest BCUT2D eigenvalue weighted by Gasteiger charge is 2.13. The lowest BCUT2D eigenvalue weighted by Crippen LogP contribution is -2.21. The molecule has 162 valence electrons. The standard InChI is InChI=1S/C25H28N2O4/c1-18-11-13-21(14-12-18)27-24(28)17-31-25-20(8-6-10-23(25)30-3)16-26-15-19-7-4-5-9-22(19)29-2/h4-14,26H,15-17H2,1-3H3,(H,27,28). The first-order chi connectivity index (χ1) is 15.1. The Morgan fingerprint density at radius 2 is 1.45 bits per heavy atom. The van der Waals surface area contributed by atoms with Crippen molar-refractivity contribution in [3.8, 4) is 17.2 Å². The third kappa shape index (κ3) is 6.23. The summed E-state index contributed by atoms with van der Waals surface area (Å²) in [5, 5.41) is 6.24. The summed E-state index contributed by atoms with van der Waals surface area (Å²) >= 11 is 0. The lowest BCUT2D eigenvalue weighted by Gasteiger charge is -2.16. The van der Waals surface area contributed by atoms with Crippen LogP contribution < -0.4 is 24.8 Å². The van der Waals surface area contributed by atoms with E-state index in [-0.39, 0.29) is 12.5 Å². The van der Waals surface area contributed by atoms with E-state index in [0.29, 0.717) is 24.6 Å². The van der Waals surface area contributed by atoms with Gasteiger partial charge < -0.3 is 24.8 Å². The first kappa shape index (κ1) is 22.2. The fourth-order valence-electron chi connectivity index (χ4n) is 3.18. The summed E-state index contributed by atoms with van der Waals surface area (Å²) < 4.78 is 16.7. The number of rotatable bonds is 10. The van der Waals surface area contributed by atoms with E-state index in [1.165, 1.54) is 0 Å². The van der Waals surface area contributed by atoms with Crippen LogP contribution in [0, 0.1) is 6.92 Å². The predicted octanol–water partition coefficient (Wildman–Crippen LogP) is 4.32. The zero-order valence-corrected chi connectivity index (χ0v) is 18.1. The SMILES string of the molecule is COc1ccccc1CNCc1cccc(OC)c1OCC(=O)Nc1ccc(C)cc1. The van der Waals surface area contributed by atoms with E-state index >= 15 is 0 Å². The number of benzene rings is 3. The maximum atomic E-state index is 12.3. The van der Waals surface area contributed by atoms with Crippen molar-refractivity contribution in [2.45, 2.75) is 20.0 Å². The fraction of sp³-hybridized carbons (Fsp3) is 0.240. The van der Waals surface area contributed by atoms with Crippen LogP contribution in [0.25, 0.3) is 0 Å². The van der Waals surface area contributed by atoms with Gasteiger partial charge in [0.25, 0.3) is 5.91 Å². The van der Waals surface area contributed by atoms with Crippen molar-refractivity contribution in [3.05, 3.63) is 83.4 Å². The molecule has 6 heteroatoms. The lowest BCUT2D eigenvalue weighted by molar-refractivity contribution is -0.118. The van der Waals surface area contributed by atoms with Gasteiger partial charge in [0.1, 0.15) is 5.75 Å². The molecule has 0 aliphatic heterocycles. The molecule has 0 heterocycles. The molecule has 1 amide bonds. The monoisotopic (exact) mass is 420 g/mol. The summed E-state index contributed by atoms with van der Waals surface area (Å²) in [7, 11) is 3.25. The molecule has 2 N–H and O–H groups in total. The maximum Gasteiger partial charge on any atom is 0.262 e. The molecule has 0 atom stereocenters. The number of anilines is 1. The van der Waals surface area contributed by atoms with Gasteiger partial charge in [0.2, 0.25) is 0 Å². The zero-order chi connectivity index (χ0) is 22.1. The average molecular weight is 421 g/mol. The average Bonchev–Trinajstić information content (AvgIpc) is 2.79. The van der Waals surface area contributed by atoms with Crippen molar-refractivity contribution in [1.82, 2.24) is 5.32 Å². The highest BCUT2D eigenvalue weighted by Crippen LogP contribution is 2.31. The summed E-state index contributed by atoms with van der Waals surface area (Å²) in [6.45, 7) is 3.06. The van der Waals surface area contributed by atoms with E-state index in [9.17, 15) is 4.79 Å². The second-order valence-electron chi connectivity index (χ2n) is 7.07. The van der Waals surface area contributed by atoms with Crippen molar-refractivity contribution in [2.24, 2.45) is 0 Å². The van der Waals surface area contributed by atoms with E-state index < -0.39 is 0 Å². The Balaban J connectivity index is 1.62. The fourth-order valence-corrected chi connectivity index (χ4v) is 3.18. The molecule has 0 radical (unpaired) electrons. The molecule has 0 aliphatic rings. The largest absolute Gasteiger partial charge is 0.496 e. The van der Waals surface area contributed by atoms with Gasteiger partial charge in [-0.1, -0.05) is 48.0 Å². The van der Waals surface area contributed by atoms with Gasteiger partial charge >= 0.3 is 0 Å². The smallest absolute Gasteiger partial charge is 0.262 e. The molecule has 0 fully saturated rings. The molecule has 3 aromatic rings. The molecule has 0 saturated heterocycles. The molecule has 0 spiro atoms. The molecule has 6 nitrogen and oxygen atoms in total. The van der Waals surface area contributed by atoms with Crippen LogP contribution in [0.15, 0.2) is 66.7 Å². The van der Waals surface area contributed by atoms with E-state index in [0.717, 1.165) is 28.1 Å². The summed E-state index contributed by atoms with van der Waals surface area (Å²) in [6.07, 6.45) is 0. The van der Waals surface area contributed by atoms with E-state index in [1.807, 2.05) is 73.7 Å². The van der Waals surface area contributed by atoms with Crippen molar-refractivity contribution in [2.75, 3.05) is 26.1 Å². The van der Waals surface area contributed by atoms with Gasteiger partial charge in [0, 0.05) is 29.9 Å². The quantitative estimate of drug-likeness (QED) is 0.511. The Bertz CT molecular complexity index is 1000. The van der Waals surface area contributed by atoms with Gasteiger partial charge in [-0.15, -0.1) is 0 Å². The molecule has 0 unspecified atom stereocenters. The molecule has 0 aromatic heterocycles.